The highest BCUT2D eigenvalue weighted by atomic mass is 14.9. The molecule has 0 bridgehead atoms. The van der Waals surface area contributed by atoms with Gasteiger partial charge in [-0.15, -0.1) is 0 Å². The molecule has 3 nitrogen and oxygen atoms in total. The van der Waals surface area contributed by atoms with Crippen LogP contribution in [0, 0.1) is 6.92 Å². The number of hydrogen-bond acceptors (Lipinski definition) is 2. The number of H-pyrrole nitrogens is 1. The van der Waals surface area contributed by atoms with E-state index in [1.807, 2.05) is 0 Å². The number of benzene rings is 2. The molecule has 3 heteroatoms. The maximum absolute atomic E-state index is 5.56. The highest BCUT2D eigenvalue weighted by molar-refractivity contribution is 5.80. The monoisotopic (exact) mass is 265 g/mol. The van der Waals surface area contributed by atoms with Crippen LogP contribution in [0.4, 0.5) is 0 Å². The second-order valence-corrected chi connectivity index (χ2v) is 5.20. The molecular formula is C17H19N3. The second kappa shape index (κ2) is 5.47. The molecule has 2 aromatic carbocycles. The summed E-state index contributed by atoms with van der Waals surface area (Å²) in [5, 5.41) is 0. The van der Waals surface area contributed by atoms with Gasteiger partial charge in [0.2, 0.25) is 0 Å². The highest BCUT2D eigenvalue weighted by Crippen LogP contribution is 2.22. The van der Waals surface area contributed by atoms with Crippen LogP contribution < -0.4 is 5.73 Å². The van der Waals surface area contributed by atoms with Gasteiger partial charge in [-0.3, -0.25) is 0 Å². The van der Waals surface area contributed by atoms with E-state index in [1.54, 1.807) is 0 Å². The van der Waals surface area contributed by atoms with E-state index in [9.17, 15) is 0 Å². The fourth-order valence-corrected chi connectivity index (χ4v) is 2.45. The summed E-state index contributed by atoms with van der Waals surface area (Å²) in [6, 6.07) is 14.8. The zero-order chi connectivity index (χ0) is 13.9. The van der Waals surface area contributed by atoms with Gasteiger partial charge in [0, 0.05) is 5.56 Å². The average Bonchev–Trinajstić information content (AvgIpc) is 2.88. The van der Waals surface area contributed by atoms with Crippen LogP contribution in [-0.2, 0) is 6.42 Å². The lowest BCUT2D eigenvalue weighted by Gasteiger charge is -1.98. The number of nitrogens with zero attached hydrogens (tertiary/aromatic N) is 1. The van der Waals surface area contributed by atoms with Crippen LogP contribution in [0.5, 0.6) is 0 Å². The normalized spacial score (nSPS) is 11.1. The molecule has 0 amide bonds. The maximum atomic E-state index is 5.56. The molecule has 1 aromatic heterocycles. The van der Waals surface area contributed by atoms with Crippen molar-refractivity contribution in [2.75, 3.05) is 6.54 Å². The Bertz CT molecular complexity index is 728. The topological polar surface area (TPSA) is 54.7 Å². The van der Waals surface area contributed by atoms with Crippen LogP contribution in [0.3, 0.4) is 0 Å². The van der Waals surface area contributed by atoms with Crippen molar-refractivity contribution in [1.82, 2.24) is 9.97 Å². The van der Waals surface area contributed by atoms with Crippen molar-refractivity contribution in [3.63, 3.8) is 0 Å². The highest BCUT2D eigenvalue weighted by Gasteiger charge is 2.06. The Labute approximate surface area is 118 Å². The van der Waals surface area contributed by atoms with Crippen LogP contribution in [0.15, 0.2) is 42.5 Å². The SMILES string of the molecule is Cc1cccc(-c2nc3ccc(CCCN)cc3[nH]2)c1. The van der Waals surface area contributed by atoms with E-state index in [-0.39, 0.29) is 0 Å². The third kappa shape index (κ3) is 2.58. The van der Waals surface area contributed by atoms with Gasteiger partial charge in [0.25, 0.3) is 0 Å². The predicted molar refractivity (Wildman–Crippen MR) is 83.6 cm³/mol. The Morgan fingerprint density at radius 3 is 2.85 bits per heavy atom. The van der Waals surface area contributed by atoms with Crippen molar-refractivity contribution in [3.05, 3.63) is 53.6 Å². The van der Waals surface area contributed by atoms with Gasteiger partial charge in [0.15, 0.2) is 0 Å². The Kier molecular flexibility index (Phi) is 3.52. The molecule has 0 saturated heterocycles. The van der Waals surface area contributed by atoms with Crippen LogP contribution in [0.25, 0.3) is 22.4 Å². The third-order valence-corrected chi connectivity index (χ3v) is 3.51. The first-order valence-corrected chi connectivity index (χ1v) is 7.02. The number of nitrogens with one attached hydrogen (secondary N) is 1. The number of fused-ring (bicyclic) bond motifs is 1. The van der Waals surface area contributed by atoms with Gasteiger partial charge in [-0.2, -0.15) is 0 Å². The molecule has 0 aliphatic heterocycles. The van der Waals surface area contributed by atoms with Gasteiger partial charge in [-0.05, 0) is 50.1 Å². The summed E-state index contributed by atoms with van der Waals surface area (Å²) in [6.45, 7) is 2.83. The lowest BCUT2D eigenvalue weighted by Crippen LogP contribution is -2.00. The van der Waals surface area contributed by atoms with Crippen LogP contribution >= 0.6 is 0 Å². The predicted octanol–water partition coefficient (Wildman–Crippen LogP) is 3.43. The standard InChI is InChI=1S/C17H19N3/c1-12-4-2-6-14(10-12)17-19-15-8-7-13(5-3-9-18)11-16(15)20-17/h2,4,6-8,10-11H,3,5,9,18H2,1H3,(H,19,20). The van der Waals surface area contributed by atoms with E-state index < -0.39 is 0 Å². The summed E-state index contributed by atoms with van der Waals surface area (Å²) in [4.78, 5) is 8.08. The molecule has 3 rings (SSSR count). The van der Waals surface area contributed by atoms with Gasteiger partial charge in [-0.25, -0.2) is 4.98 Å². The molecule has 0 aliphatic rings. The van der Waals surface area contributed by atoms with Gasteiger partial charge in [0.05, 0.1) is 11.0 Å². The van der Waals surface area contributed by atoms with E-state index >= 15 is 0 Å². The molecule has 0 radical (unpaired) electrons. The molecule has 20 heavy (non-hydrogen) atoms. The summed E-state index contributed by atoms with van der Waals surface area (Å²) >= 11 is 0. The van der Waals surface area contributed by atoms with Crippen molar-refractivity contribution >= 4 is 11.0 Å². The largest absolute Gasteiger partial charge is 0.338 e. The maximum Gasteiger partial charge on any atom is 0.138 e. The molecule has 0 atom stereocenters. The zero-order valence-electron chi connectivity index (χ0n) is 11.7. The van der Waals surface area contributed by atoms with Gasteiger partial charge in [0.1, 0.15) is 5.82 Å². The summed E-state index contributed by atoms with van der Waals surface area (Å²) in [5.41, 5.74) is 11.3. The molecule has 0 spiro atoms. The van der Waals surface area contributed by atoms with Crippen LogP contribution in [0.2, 0.25) is 0 Å². The van der Waals surface area contributed by atoms with Crippen molar-refractivity contribution < 1.29 is 0 Å². The Morgan fingerprint density at radius 1 is 1.15 bits per heavy atom. The van der Waals surface area contributed by atoms with E-state index in [1.165, 1.54) is 11.1 Å². The minimum Gasteiger partial charge on any atom is -0.338 e. The minimum absolute atomic E-state index is 0.732. The van der Waals surface area contributed by atoms with Gasteiger partial charge < -0.3 is 10.7 Å². The van der Waals surface area contributed by atoms with Gasteiger partial charge >= 0.3 is 0 Å². The number of aryl methyl sites for hydroxylation is 2. The lowest BCUT2D eigenvalue weighted by molar-refractivity contribution is 0.833. The van der Waals surface area contributed by atoms with Crippen molar-refractivity contribution in [2.24, 2.45) is 5.73 Å². The number of aromatic nitrogens is 2. The Hall–Kier alpha value is -2.13. The lowest BCUT2D eigenvalue weighted by atomic mass is 10.1. The van der Waals surface area contributed by atoms with Crippen molar-refractivity contribution in [3.8, 4) is 11.4 Å². The smallest absolute Gasteiger partial charge is 0.138 e. The van der Waals surface area contributed by atoms with Crippen LogP contribution in [-0.4, -0.2) is 16.5 Å². The molecule has 1 heterocycles. The quantitative estimate of drug-likeness (QED) is 0.759. The minimum atomic E-state index is 0.732. The average molecular weight is 265 g/mol. The molecule has 0 aliphatic carbocycles. The molecule has 0 saturated carbocycles. The first kappa shape index (κ1) is 12.9. The molecule has 0 fully saturated rings. The first-order valence-electron chi connectivity index (χ1n) is 7.02. The van der Waals surface area contributed by atoms with E-state index in [4.69, 9.17) is 5.73 Å². The number of aromatic amines is 1. The molecule has 0 unspecified atom stereocenters. The summed E-state index contributed by atoms with van der Waals surface area (Å²) in [5.74, 6) is 0.930. The number of imidazole rings is 1. The van der Waals surface area contributed by atoms with Crippen molar-refractivity contribution in [1.29, 1.82) is 0 Å². The number of hydrogen-bond donors (Lipinski definition) is 2. The summed E-state index contributed by atoms with van der Waals surface area (Å²) in [6.07, 6.45) is 2.04. The molecule has 102 valence electrons. The summed E-state index contributed by atoms with van der Waals surface area (Å²) in [7, 11) is 0. The van der Waals surface area contributed by atoms with E-state index in [0.29, 0.717) is 0 Å². The van der Waals surface area contributed by atoms with E-state index in [0.717, 1.165) is 41.8 Å². The zero-order valence-corrected chi connectivity index (χ0v) is 11.7. The fraction of sp³-hybridized carbons (Fsp3) is 0.235. The fourth-order valence-electron chi connectivity index (χ4n) is 2.45. The first-order chi connectivity index (χ1) is 9.76. The Morgan fingerprint density at radius 2 is 2.05 bits per heavy atom. The van der Waals surface area contributed by atoms with Crippen molar-refractivity contribution in [2.45, 2.75) is 19.8 Å². The summed E-state index contributed by atoms with van der Waals surface area (Å²) < 4.78 is 0. The molecular weight excluding hydrogens is 246 g/mol. The Balaban J connectivity index is 1.98. The van der Waals surface area contributed by atoms with Gasteiger partial charge in [-0.1, -0.05) is 29.8 Å². The van der Waals surface area contributed by atoms with Crippen LogP contribution in [0.1, 0.15) is 17.5 Å². The molecule has 3 N–H and O–H groups in total. The molecule has 3 aromatic rings. The number of nitrogens with two attached hydrogens (primary N) is 1. The number of rotatable bonds is 4. The second-order valence-electron chi connectivity index (χ2n) is 5.20. The third-order valence-electron chi connectivity index (χ3n) is 3.51. The van der Waals surface area contributed by atoms with E-state index in [2.05, 4.69) is 59.4 Å².